The number of ether oxygens (including phenoxy) is 2. The monoisotopic (exact) mass is 412 g/mol. The van der Waals surface area contributed by atoms with Crippen molar-refractivity contribution in [2.75, 3.05) is 39.1 Å². The molecule has 0 amide bonds. The molecule has 0 radical (unpaired) electrons. The van der Waals surface area contributed by atoms with E-state index in [0.29, 0.717) is 32.2 Å². The molecule has 0 bridgehead atoms. The van der Waals surface area contributed by atoms with Gasteiger partial charge in [0.2, 0.25) is 10.0 Å². The Morgan fingerprint density at radius 3 is 2.82 bits per heavy atom. The van der Waals surface area contributed by atoms with E-state index < -0.39 is 10.0 Å². The third-order valence-corrected chi connectivity index (χ3v) is 5.76. The summed E-state index contributed by atoms with van der Waals surface area (Å²) in [5, 5.41) is 6.19. The van der Waals surface area contributed by atoms with Crippen LogP contribution in [0.4, 0.5) is 0 Å². The molecule has 158 valence electrons. The van der Waals surface area contributed by atoms with Crippen molar-refractivity contribution in [1.29, 1.82) is 0 Å². The highest BCUT2D eigenvalue weighted by Gasteiger charge is 2.17. The molecule has 1 saturated heterocycles. The van der Waals surface area contributed by atoms with Gasteiger partial charge >= 0.3 is 0 Å². The third-order valence-electron chi connectivity index (χ3n) is 4.41. The fourth-order valence-electron chi connectivity index (χ4n) is 2.90. The molecule has 0 saturated carbocycles. The Morgan fingerprint density at radius 1 is 1.29 bits per heavy atom. The Kier molecular flexibility index (Phi) is 9.52. The number of nitrogens with zero attached hydrogens (tertiary/aromatic N) is 1. The summed E-state index contributed by atoms with van der Waals surface area (Å²) in [6.07, 6.45) is 3.02. The van der Waals surface area contributed by atoms with Gasteiger partial charge in [-0.2, -0.15) is 0 Å². The van der Waals surface area contributed by atoms with Crippen molar-refractivity contribution in [1.82, 2.24) is 15.4 Å². The second-order valence-corrected chi connectivity index (χ2v) is 8.52. The highest BCUT2D eigenvalue weighted by molar-refractivity contribution is 7.89. The Labute approximate surface area is 168 Å². The summed E-state index contributed by atoms with van der Waals surface area (Å²) in [6, 6.07) is 7.68. The van der Waals surface area contributed by atoms with Gasteiger partial charge in [-0.15, -0.1) is 0 Å². The average molecular weight is 413 g/mol. The lowest BCUT2D eigenvalue weighted by atomic mass is 10.1. The number of sulfonamides is 1. The van der Waals surface area contributed by atoms with Crippen LogP contribution in [0.25, 0.3) is 0 Å². The van der Waals surface area contributed by atoms with Crippen LogP contribution in [-0.2, 0) is 21.3 Å². The normalized spacial score (nSPS) is 17.9. The molecule has 28 heavy (non-hydrogen) atoms. The number of hydrogen-bond donors (Lipinski definition) is 3. The number of methoxy groups -OCH3 is 1. The molecule has 0 aromatic heterocycles. The van der Waals surface area contributed by atoms with Crippen LogP contribution < -0.4 is 20.1 Å². The molecule has 1 fully saturated rings. The molecule has 3 N–H and O–H groups in total. The van der Waals surface area contributed by atoms with Crippen molar-refractivity contribution in [3.05, 3.63) is 29.8 Å². The number of aliphatic imine (C=N–C) groups is 1. The summed E-state index contributed by atoms with van der Waals surface area (Å²) >= 11 is 0. The summed E-state index contributed by atoms with van der Waals surface area (Å²) < 4.78 is 37.9. The van der Waals surface area contributed by atoms with E-state index in [1.54, 1.807) is 7.11 Å². The van der Waals surface area contributed by atoms with Crippen LogP contribution in [0, 0.1) is 0 Å². The van der Waals surface area contributed by atoms with E-state index >= 15 is 0 Å². The quantitative estimate of drug-likeness (QED) is 0.395. The molecule has 8 nitrogen and oxygen atoms in total. The molecule has 1 heterocycles. The maximum atomic E-state index is 12.2. The smallest absolute Gasteiger partial charge is 0.213 e. The summed E-state index contributed by atoms with van der Waals surface area (Å²) in [5.74, 6) is 1.32. The third kappa shape index (κ3) is 8.04. The van der Waals surface area contributed by atoms with Crippen LogP contribution in [0.1, 0.15) is 31.7 Å². The van der Waals surface area contributed by atoms with E-state index in [4.69, 9.17) is 9.47 Å². The van der Waals surface area contributed by atoms with Crippen LogP contribution in [0.3, 0.4) is 0 Å². The van der Waals surface area contributed by atoms with Gasteiger partial charge in [0, 0.05) is 31.8 Å². The Hall–Kier alpha value is -1.84. The predicted molar refractivity (Wildman–Crippen MR) is 111 cm³/mol. The van der Waals surface area contributed by atoms with Crippen molar-refractivity contribution in [2.24, 2.45) is 4.99 Å². The van der Waals surface area contributed by atoms with Gasteiger partial charge in [-0.3, -0.25) is 0 Å². The molecule has 1 atom stereocenters. The van der Waals surface area contributed by atoms with Crippen LogP contribution in [0.2, 0.25) is 0 Å². The summed E-state index contributed by atoms with van der Waals surface area (Å²) in [4.78, 5) is 4.51. The van der Waals surface area contributed by atoms with Crippen molar-refractivity contribution < 1.29 is 17.9 Å². The van der Waals surface area contributed by atoms with E-state index in [1.807, 2.05) is 31.2 Å². The van der Waals surface area contributed by atoms with Crippen molar-refractivity contribution in [2.45, 2.75) is 38.8 Å². The maximum Gasteiger partial charge on any atom is 0.213 e. The van der Waals surface area contributed by atoms with Crippen LogP contribution in [0.5, 0.6) is 5.75 Å². The number of benzene rings is 1. The van der Waals surface area contributed by atoms with Gasteiger partial charge in [-0.05, 0) is 32.3 Å². The molecular formula is C19H32N4O4S. The highest BCUT2D eigenvalue weighted by atomic mass is 32.2. The van der Waals surface area contributed by atoms with E-state index in [0.717, 1.165) is 30.6 Å². The lowest BCUT2D eigenvalue weighted by Gasteiger charge is -2.22. The fraction of sp³-hybridized carbons (Fsp3) is 0.632. The predicted octanol–water partition coefficient (Wildman–Crippen LogP) is 1.24. The van der Waals surface area contributed by atoms with Crippen LogP contribution >= 0.6 is 0 Å². The molecular weight excluding hydrogens is 380 g/mol. The zero-order chi connectivity index (χ0) is 20.2. The molecule has 1 aromatic rings. The zero-order valence-electron chi connectivity index (χ0n) is 16.7. The van der Waals surface area contributed by atoms with Gasteiger partial charge in [0.25, 0.3) is 0 Å². The van der Waals surface area contributed by atoms with E-state index in [-0.39, 0.29) is 18.4 Å². The summed E-state index contributed by atoms with van der Waals surface area (Å²) in [6.45, 7) is 4.39. The van der Waals surface area contributed by atoms with Gasteiger partial charge in [-0.1, -0.05) is 18.2 Å². The standard InChI is InChI=1S/C19H32N4O4S/c1-3-20-19(22-14-16-8-4-5-10-18(16)26-2)21-11-13-28(24,25)23-15-17-9-6-7-12-27-17/h4-5,8,10,17,23H,3,6-7,9,11-15H2,1-2H3,(H2,20,21,22). The van der Waals surface area contributed by atoms with E-state index in [9.17, 15) is 8.42 Å². The minimum Gasteiger partial charge on any atom is -0.496 e. The summed E-state index contributed by atoms with van der Waals surface area (Å²) in [5.41, 5.74) is 0.962. The lowest BCUT2D eigenvalue weighted by molar-refractivity contribution is 0.0200. The van der Waals surface area contributed by atoms with Gasteiger partial charge < -0.3 is 20.1 Å². The minimum absolute atomic E-state index is 0.0174. The molecule has 1 aliphatic heterocycles. The van der Waals surface area contributed by atoms with Crippen molar-refractivity contribution in [3.8, 4) is 5.75 Å². The Bertz CT molecular complexity index is 718. The van der Waals surface area contributed by atoms with E-state index in [1.165, 1.54) is 0 Å². The summed E-state index contributed by atoms with van der Waals surface area (Å²) in [7, 11) is -1.74. The fourth-order valence-corrected chi connectivity index (χ4v) is 3.86. The largest absolute Gasteiger partial charge is 0.496 e. The molecule has 0 spiro atoms. The number of rotatable bonds is 10. The molecule has 1 aromatic carbocycles. The molecule has 1 unspecified atom stereocenters. The molecule has 0 aliphatic carbocycles. The number of para-hydroxylation sites is 1. The zero-order valence-corrected chi connectivity index (χ0v) is 17.6. The Balaban J connectivity index is 1.81. The molecule has 2 rings (SSSR count). The SMILES string of the molecule is CCNC(=NCc1ccccc1OC)NCCS(=O)(=O)NCC1CCCCO1. The molecule has 9 heteroatoms. The molecule has 1 aliphatic rings. The maximum absolute atomic E-state index is 12.2. The first-order valence-electron chi connectivity index (χ1n) is 9.77. The van der Waals surface area contributed by atoms with Gasteiger partial charge in [0.1, 0.15) is 5.75 Å². The van der Waals surface area contributed by atoms with Crippen molar-refractivity contribution >= 4 is 16.0 Å². The van der Waals surface area contributed by atoms with Gasteiger partial charge in [-0.25, -0.2) is 18.1 Å². The Morgan fingerprint density at radius 2 is 2.11 bits per heavy atom. The van der Waals surface area contributed by atoms with Crippen LogP contribution in [-0.4, -0.2) is 59.6 Å². The average Bonchev–Trinajstić information content (AvgIpc) is 2.71. The first-order chi connectivity index (χ1) is 13.5. The second kappa shape index (κ2) is 11.9. The topological polar surface area (TPSA) is 101 Å². The highest BCUT2D eigenvalue weighted by Crippen LogP contribution is 2.17. The first-order valence-corrected chi connectivity index (χ1v) is 11.4. The van der Waals surface area contributed by atoms with Crippen molar-refractivity contribution in [3.63, 3.8) is 0 Å². The number of nitrogens with one attached hydrogen (secondary N) is 3. The van der Waals surface area contributed by atoms with Crippen LogP contribution in [0.15, 0.2) is 29.3 Å². The lowest BCUT2D eigenvalue weighted by Crippen LogP contribution is -2.42. The van der Waals surface area contributed by atoms with E-state index in [2.05, 4.69) is 20.3 Å². The van der Waals surface area contributed by atoms with Gasteiger partial charge in [0.05, 0.1) is 25.5 Å². The minimum atomic E-state index is -3.36. The van der Waals surface area contributed by atoms with Gasteiger partial charge in [0.15, 0.2) is 5.96 Å². The number of guanidine groups is 1. The number of hydrogen-bond acceptors (Lipinski definition) is 5. The first kappa shape index (κ1) is 22.4. The second-order valence-electron chi connectivity index (χ2n) is 6.59.